The van der Waals surface area contributed by atoms with Crippen LogP contribution in [-0.2, 0) is 4.79 Å². The summed E-state index contributed by atoms with van der Waals surface area (Å²) in [6, 6.07) is 0. The van der Waals surface area contributed by atoms with Crippen LogP contribution < -0.4 is 0 Å². The molecule has 0 aliphatic heterocycles. The van der Waals surface area contributed by atoms with E-state index in [1.54, 1.807) is 0 Å². The molecule has 0 fully saturated rings. The summed E-state index contributed by atoms with van der Waals surface area (Å²) < 4.78 is 0. The third kappa shape index (κ3) is 4.62. The summed E-state index contributed by atoms with van der Waals surface area (Å²) in [5, 5.41) is 9.71. The van der Waals surface area contributed by atoms with Gasteiger partial charge in [0.15, 0.2) is 0 Å². The molecule has 0 rings (SSSR count). The van der Waals surface area contributed by atoms with Crippen molar-refractivity contribution in [3.05, 3.63) is 0 Å². The zero-order valence-corrected chi connectivity index (χ0v) is 12.8. The molecule has 0 saturated heterocycles. The molecule has 2 heteroatoms. The summed E-state index contributed by atoms with van der Waals surface area (Å²) in [7, 11) is 0. The number of carboxylic acid groups (broad SMARTS) is 1. The predicted octanol–water partition coefficient (Wildman–Crippen LogP) is 5.26. The second-order valence-electron chi connectivity index (χ2n) is 5.52. The zero-order chi connectivity index (χ0) is 14.0. The van der Waals surface area contributed by atoms with Crippen LogP contribution in [0.1, 0.15) is 85.5 Å². The van der Waals surface area contributed by atoms with E-state index >= 15 is 0 Å². The van der Waals surface area contributed by atoms with Gasteiger partial charge in [0.25, 0.3) is 0 Å². The van der Waals surface area contributed by atoms with Crippen LogP contribution in [0.25, 0.3) is 0 Å². The molecule has 1 N–H and O–H groups in total. The summed E-state index contributed by atoms with van der Waals surface area (Å²) in [6.07, 6.45) is 9.42. The van der Waals surface area contributed by atoms with E-state index in [0.717, 1.165) is 38.5 Å². The van der Waals surface area contributed by atoms with Gasteiger partial charge in [0.05, 0.1) is 5.41 Å². The SMILES string of the molecule is CCCCCCC(CC)(C(=O)O)C(CC)CCC. The smallest absolute Gasteiger partial charge is 0.309 e. The van der Waals surface area contributed by atoms with Gasteiger partial charge in [-0.3, -0.25) is 4.79 Å². The van der Waals surface area contributed by atoms with Crippen molar-refractivity contribution in [2.75, 3.05) is 0 Å². The lowest BCUT2D eigenvalue weighted by Gasteiger charge is -2.36. The first kappa shape index (κ1) is 17.5. The minimum Gasteiger partial charge on any atom is -0.481 e. The van der Waals surface area contributed by atoms with Gasteiger partial charge in [0.2, 0.25) is 0 Å². The van der Waals surface area contributed by atoms with Gasteiger partial charge in [0, 0.05) is 0 Å². The van der Waals surface area contributed by atoms with Crippen LogP contribution in [0.3, 0.4) is 0 Å². The maximum absolute atomic E-state index is 11.8. The second kappa shape index (κ2) is 9.41. The Bertz CT molecular complexity index is 225. The molecule has 0 heterocycles. The normalized spacial score (nSPS) is 16.2. The van der Waals surface area contributed by atoms with E-state index in [-0.39, 0.29) is 0 Å². The highest BCUT2D eigenvalue weighted by Gasteiger charge is 2.42. The molecule has 0 aromatic heterocycles. The van der Waals surface area contributed by atoms with Crippen molar-refractivity contribution in [2.24, 2.45) is 11.3 Å². The van der Waals surface area contributed by atoms with E-state index in [2.05, 4.69) is 20.8 Å². The number of hydrogen-bond donors (Lipinski definition) is 1. The summed E-state index contributed by atoms with van der Waals surface area (Å²) in [6.45, 7) is 8.53. The van der Waals surface area contributed by atoms with Gasteiger partial charge in [0.1, 0.15) is 0 Å². The van der Waals surface area contributed by atoms with E-state index in [0.29, 0.717) is 5.92 Å². The Morgan fingerprint density at radius 3 is 2.11 bits per heavy atom. The van der Waals surface area contributed by atoms with Crippen molar-refractivity contribution in [1.82, 2.24) is 0 Å². The standard InChI is InChI=1S/C16H32O2/c1-5-9-10-11-13-16(8-4,15(17)18)14(7-3)12-6-2/h14H,5-13H2,1-4H3,(H,17,18). The average Bonchev–Trinajstić information content (AvgIpc) is 2.37. The third-order valence-corrected chi connectivity index (χ3v) is 4.44. The number of aliphatic carboxylic acids is 1. The monoisotopic (exact) mass is 256 g/mol. The second-order valence-corrected chi connectivity index (χ2v) is 5.52. The highest BCUT2D eigenvalue weighted by molar-refractivity contribution is 5.75. The molecule has 18 heavy (non-hydrogen) atoms. The maximum Gasteiger partial charge on any atom is 0.309 e. The highest BCUT2D eigenvalue weighted by atomic mass is 16.4. The van der Waals surface area contributed by atoms with E-state index in [4.69, 9.17) is 0 Å². The molecule has 0 aliphatic rings. The van der Waals surface area contributed by atoms with Crippen LogP contribution in [0.5, 0.6) is 0 Å². The van der Waals surface area contributed by atoms with Gasteiger partial charge in [-0.25, -0.2) is 0 Å². The Labute approximate surface area is 113 Å². The molecule has 2 nitrogen and oxygen atoms in total. The lowest BCUT2D eigenvalue weighted by Crippen LogP contribution is -2.38. The van der Waals surface area contributed by atoms with Gasteiger partial charge < -0.3 is 5.11 Å². The van der Waals surface area contributed by atoms with E-state index in [1.807, 2.05) is 6.92 Å². The molecule has 2 unspecified atom stereocenters. The fourth-order valence-corrected chi connectivity index (χ4v) is 3.19. The topological polar surface area (TPSA) is 37.3 Å². The molecule has 0 amide bonds. The van der Waals surface area contributed by atoms with Crippen molar-refractivity contribution in [3.63, 3.8) is 0 Å². The number of hydrogen-bond acceptors (Lipinski definition) is 1. The molecule has 0 bridgehead atoms. The number of carboxylic acids is 1. The number of rotatable bonds is 11. The quantitative estimate of drug-likeness (QED) is 0.512. The number of carbonyl (C=O) groups is 1. The number of unbranched alkanes of at least 4 members (excludes halogenated alkanes) is 3. The van der Waals surface area contributed by atoms with Crippen LogP contribution in [-0.4, -0.2) is 11.1 Å². The molecule has 0 spiro atoms. The van der Waals surface area contributed by atoms with Crippen molar-refractivity contribution >= 4 is 5.97 Å². The Kier molecular flexibility index (Phi) is 9.13. The molecule has 0 aliphatic carbocycles. The largest absolute Gasteiger partial charge is 0.481 e. The first-order chi connectivity index (χ1) is 8.58. The van der Waals surface area contributed by atoms with Gasteiger partial charge >= 0.3 is 5.97 Å². The summed E-state index contributed by atoms with van der Waals surface area (Å²) in [5.41, 5.74) is -0.474. The highest BCUT2D eigenvalue weighted by Crippen LogP contribution is 2.42. The predicted molar refractivity (Wildman–Crippen MR) is 77.8 cm³/mol. The maximum atomic E-state index is 11.8. The summed E-state index contributed by atoms with van der Waals surface area (Å²) in [4.78, 5) is 11.8. The van der Waals surface area contributed by atoms with Crippen molar-refractivity contribution in [2.45, 2.75) is 85.5 Å². The molecule has 0 radical (unpaired) electrons. The minimum atomic E-state index is -0.568. The summed E-state index contributed by atoms with van der Waals surface area (Å²) in [5.74, 6) is -0.228. The van der Waals surface area contributed by atoms with Crippen molar-refractivity contribution < 1.29 is 9.90 Å². The zero-order valence-electron chi connectivity index (χ0n) is 12.8. The van der Waals surface area contributed by atoms with Crippen LogP contribution in [0.15, 0.2) is 0 Å². The Hall–Kier alpha value is -0.530. The average molecular weight is 256 g/mol. The summed E-state index contributed by atoms with van der Waals surface area (Å²) >= 11 is 0. The van der Waals surface area contributed by atoms with Gasteiger partial charge in [-0.2, -0.15) is 0 Å². The first-order valence-corrected chi connectivity index (χ1v) is 7.82. The van der Waals surface area contributed by atoms with Crippen LogP contribution in [0.4, 0.5) is 0 Å². The first-order valence-electron chi connectivity index (χ1n) is 7.82. The molecule has 0 aromatic rings. The fraction of sp³-hybridized carbons (Fsp3) is 0.938. The Balaban J connectivity index is 4.73. The van der Waals surface area contributed by atoms with E-state index in [9.17, 15) is 9.90 Å². The van der Waals surface area contributed by atoms with Gasteiger partial charge in [-0.15, -0.1) is 0 Å². The van der Waals surface area contributed by atoms with Crippen LogP contribution >= 0.6 is 0 Å². The van der Waals surface area contributed by atoms with Crippen LogP contribution in [0, 0.1) is 11.3 Å². The Morgan fingerprint density at radius 1 is 1.06 bits per heavy atom. The Morgan fingerprint density at radius 2 is 1.72 bits per heavy atom. The molecular weight excluding hydrogens is 224 g/mol. The van der Waals surface area contributed by atoms with E-state index in [1.165, 1.54) is 19.3 Å². The van der Waals surface area contributed by atoms with Gasteiger partial charge in [-0.05, 0) is 25.2 Å². The molecule has 0 aromatic carbocycles. The molecular formula is C16H32O2. The molecule has 0 saturated carbocycles. The van der Waals surface area contributed by atoms with Crippen molar-refractivity contribution in [1.29, 1.82) is 0 Å². The van der Waals surface area contributed by atoms with Crippen LogP contribution in [0.2, 0.25) is 0 Å². The van der Waals surface area contributed by atoms with Gasteiger partial charge in [-0.1, -0.05) is 66.2 Å². The lowest BCUT2D eigenvalue weighted by molar-refractivity contribution is -0.154. The fourth-order valence-electron chi connectivity index (χ4n) is 3.19. The molecule has 2 atom stereocenters. The third-order valence-electron chi connectivity index (χ3n) is 4.44. The van der Waals surface area contributed by atoms with Crippen molar-refractivity contribution in [3.8, 4) is 0 Å². The van der Waals surface area contributed by atoms with E-state index < -0.39 is 11.4 Å². The lowest BCUT2D eigenvalue weighted by atomic mass is 9.67. The molecule has 108 valence electrons. The minimum absolute atomic E-state index is 0.339.